The summed E-state index contributed by atoms with van der Waals surface area (Å²) in [4.78, 5) is 12.5. The Labute approximate surface area is 154 Å². The van der Waals surface area contributed by atoms with E-state index >= 15 is 0 Å². The van der Waals surface area contributed by atoms with Gasteiger partial charge in [-0.05, 0) is 29.8 Å². The molecule has 0 fully saturated rings. The second-order valence-corrected chi connectivity index (χ2v) is 6.54. The summed E-state index contributed by atoms with van der Waals surface area (Å²) in [7, 11) is 0. The molecule has 1 atom stereocenters. The molecule has 0 spiro atoms. The first-order chi connectivity index (χ1) is 12.6. The summed E-state index contributed by atoms with van der Waals surface area (Å²) in [6, 6.07) is 15.3. The largest absolute Gasteiger partial charge is 0.388 e. The number of rotatable bonds is 7. The van der Waals surface area contributed by atoms with Crippen molar-refractivity contribution in [3.63, 3.8) is 0 Å². The van der Waals surface area contributed by atoms with Crippen molar-refractivity contribution < 1.29 is 9.50 Å². The number of benzene rings is 2. The van der Waals surface area contributed by atoms with Crippen LogP contribution in [0.1, 0.15) is 17.5 Å². The molecule has 0 saturated carbocycles. The Kier molecular flexibility index (Phi) is 5.98. The van der Waals surface area contributed by atoms with Crippen molar-refractivity contribution in [3.8, 4) is 0 Å². The average Bonchev–Trinajstić information content (AvgIpc) is 2.64. The smallest absolute Gasteiger partial charge is 0.232 e. The molecular formula is C18H18FN5OS. The maximum atomic E-state index is 13.0. The maximum absolute atomic E-state index is 13.0. The normalized spacial score (nSPS) is 11.9. The van der Waals surface area contributed by atoms with Crippen molar-refractivity contribution >= 4 is 29.3 Å². The van der Waals surface area contributed by atoms with E-state index < -0.39 is 6.10 Å². The summed E-state index contributed by atoms with van der Waals surface area (Å²) in [6.07, 6.45) is -0.558. The SMILES string of the molecule is Nc1nc(CSCC(O)c2ccccc2)nc(Nc2ccc(F)cc2)n1. The second kappa shape index (κ2) is 8.59. The Hall–Kier alpha value is -2.71. The quantitative estimate of drug-likeness (QED) is 0.586. The van der Waals surface area contributed by atoms with Gasteiger partial charge in [-0.2, -0.15) is 26.7 Å². The van der Waals surface area contributed by atoms with Gasteiger partial charge in [-0.15, -0.1) is 0 Å². The molecule has 0 aliphatic carbocycles. The lowest BCUT2D eigenvalue weighted by atomic mass is 10.1. The van der Waals surface area contributed by atoms with Gasteiger partial charge in [-0.1, -0.05) is 30.3 Å². The Balaban J connectivity index is 1.59. The fourth-order valence-electron chi connectivity index (χ4n) is 2.25. The van der Waals surface area contributed by atoms with Crippen LogP contribution in [0.3, 0.4) is 0 Å². The van der Waals surface area contributed by atoms with Crippen LogP contribution in [-0.2, 0) is 5.75 Å². The van der Waals surface area contributed by atoms with Gasteiger partial charge in [0.1, 0.15) is 11.6 Å². The number of nitrogen functional groups attached to an aromatic ring is 1. The van der Waals surface area contributed by atoms with Crippen LogP contribution in [0.2, 0.25) is 0 Å². The molecular weight excluding hydrogens is 353 g/mol. The van der Waals surface area contributed by atoms with Crippen LogP contribution in [0, 0.1) is 5.82 Å². The van der Waals surface area contributed by atoms with E-state index in [-0.39, 0.29) is 11.8 Å². The fraction of sp³-hybridized carbons (Fsp3) is 0.167. The Morgan fingerprint density at radius 3 is 2.50 bits per heavy atom. The van der Waals surface area contributed by atoms with E-state index in [4.69, 9.17) is 5.73 Å². The topological polar surface area (TPSA) is 97.0 Å². The van der Waals surface area contributed by atoms with Gasteiger partial charge in [-0.3, -0.25) is 0 Å². The third-order valence-electron chi connectivity index (χ3n) is 3.49. The van der Waals surface area contributed by atoms with Crippen molar-refractivity contribution in [3.05, 3.63) is 71.8 Å². The van der Waals surface area contributed by atoms with Crippen molar-refractivity contribution in [1.29, 1.82) is 0 Å². The summed E-state index contributed by atoms with van der Waals surface area (Å²) in [6.45, 7) is 0. The lowest BCUT2D eigenvalue weighted by Crippen LogP contribution is -2.07. The van der Waals surface area contributed by atoms with E-state index in [1.807, 2.05) is 30.3 Å². The molecule has 2 aromatic carbocycles. The van der Waals surface area contributed by atoms with Crippen LogP contribution in [0.25, 0.3) is 0 Å². The van der Waals surface area contributed by atoms with Gasteiger partial charge >= 0.3 is 0 Å². The summed E-state index contributed by atoms with van der Waals surface area (Å²) >= 11 is 1.50. The minimum atomic E-state index is -0.558. The van der Waals surface area contributed by atoms with Gasteiger partial charge in [0.2, 0.25) is 11.9 Å². The lowest BCUT2D eigenvalue weighted by molar-refractivity contribution is 0.204. The number of hydrogen-bond donors (Lipinski definition) is 3. The highest BCUT2D eigenvalue weighted by molar-refractivity contribution is 7.98. The van der Waals surface area contributed by atoms with Crippen LogP contribution >= 0.6 is 11.8 Å². The number of anilines is 3. The number of nitrogens with one attached hydrogen (secondary N) is 1. The van der Waals surface area contributed by atoms with Gasteiger partial charge in [0.25, 0.3) is 0 Å². The number of aliphatic hydroxyl groups excluding tert-OH is 1. The first-order valence-electron chi connectivity index (χ1n) is 7.94. The molecule has 1 aromatic heterocycles. The summed E-state index contributed by atoms with van der Waals surface area (Å²) < 4.78 is 13.0. The first kappa shape index (κ1) is 18.1. The Bertz CT molecular complexity index is 848. The van der Waals surface area contributed by atoms with Crippen molar-refractivity contribution in [2.75, 3.05) is 16.8 Å². The number of aliphatic hydroxyl groups is 1. The molecule has 0 amide bonds. The van der Waals surface area contributed by atoms with E-state index in [1.165, 1.54) is 23.9 Å². The monoisotopic (exact) mass is 371 g/mol. The third kappa shape index (κ3) is 5.14. The Morgan fingerprint density at radius 1 is 1.04 bits per heavy atom. The predicted octanol–water partition coefficient (Wildman–Crippen LogP) is 3.30. The number of thioether (sulfide) groups is 1. The molecule has 3 aromatic rings. The molecule has 8 heteroatoms. The highest BCUT2D eigenvalue weighted by Crippen LogP contribution is 2.21. The highest BCUT2D eigenvalue weighted by Gasteiger charge is 2.09. The van der Waals surface area contributed by atoms with Gasteiger partial charge in [-0.25, -0.2) is 4.39 Å². The molecule has 4 N–H and O–H groups in total. The molecule has 1 heterocycles. The molecule has 0 saturated heterocycles. The second-order valence-electron chi connectivity index (χ2n) is 5.51. The average molecular weight is 371 g/mol. The fourth-order valence-corrected chi connectivity index (χ4v) is 3.10. The van der Waals surface area contributed by atoms with E-state index in [9.17, 15) is 9.50 Å². The van der Waals surface area contributed by atoms with E-state index in [1.54, 1.807) is 12.1 Å². The molecule has 26 heavy (non-hydrogen) atoms. The molecule has 3 rings (SSSR count). The zero-order valence-corrected chi connectivity index (χ0v) is 14.7. The van der Waals surface area contributed by atoms with Gasteiger partial charge in [0.15, 0.2) is 0 Å². The zero-order valence-electron chi connectivity index (χ0n) is 13.8. The molecule has 0 radical (unpaired) electrons. The lowest BCUT2D eigenvalue weighted by Gasteiger charge is -2.11. The van der Waals surface area contributed by atoms with Crippen LogP contribution < -0.4 is 11.1 Å². The van der Waals surface area contributed by atoms with E-state index in [0.29, 0.717) is 29.0 Å². The molecule has 134 valence electrons. The van der Waals surface area contributed by atoms with E-state index in [0.717, 1.165) is 5.56 Å². The highest BCUT2D eigenvalue weighted by atomic mass is 32.2. The first-order valence-corrected chi connectivity index (χ1v) is 9.09. The predicted molar refractivity (Wildman–Crippen MR) is 101 cm³/mol. The van der Waals surface area contributed by atoms with Gasteiger partial charge in [0, 0.05) is 11.4 Å². The number of nitrogens with two attached hydrogens (primary N) is 1. The Morgan fingerprint density at radius 2 is 1.77 bits per heavy atom. The van der Waals surface area contributed by atoms with Gasteiger partial charge < -0.3 is 16.2 Å². The van der Waals surface area contributed by atoms with Crippen molar-refractivity contribution in [2.24, 2.45) is 0 Å². The van der Waals surface area contributed by atoms with Crippen LogP contribution in [0.5, 0.6) is 0 Å². The minimum absolute atomic E-state index is 0.101. The van der Waals surface area contributed by atoms with Crippen LogP contribution in [0.15, 0.2) is 54.6 Å². The summed E-state index contributed by atoms with van der Waals surface area (Å²) in [5.74, 6) is 1.57. The number of nitrogens with zero attached hydrogens (tertiary/aromatic N) is 3. The standard InChI is InChI=1S/C18H18FN5OS/c19-13-6-8-14(9-7-13)21-18-23-16(22-17(20)24-18)11-26-10-15(25)12-4-2-1-3-5-12/h1-9,15,25H,10-11H2,(H3,20,21,22,23,24). The zero-order chi connectivity index (χ0) is 18.4. The van der Waals surface area contributed by atoms with Gasteiger partial charge in [0.05, 0.1) is 11.9 Å². The minimum Gasteiger partial charge on any atom is -0.388 e. The van der Waals surface area contributed by atoms with Crippen molar-refractivity contribution in [2.45, 2.75) is 11.9 Å². The summed E-state index contributed by atoms with van der Waals surface area (Å²) in [5, 5.41) is 13.2. The van der Waals surface area contributed by atoms with E-state index in [2.05, 4.69) is 20.3 Å². The number of halogens is 1. The molecule has 6 nitrogen and oxygen atoms in total. The van der Waals surface area contributed by atoms with Crippen LogP contribution in [-0.4, -0.2) is 25.8 Å². The third-order valence-corrected chi connectivity index (χ3v) is 4.50. The molecule has 1 unspecified atom stereocenters. The summed E-state index contributed by atoms with van der Waals surface area (Å²) in [5.41, 5.74) is 7.26. The molecule has 0 aliphatic heterocycles. The maximum Gasteiger partial charge on any atom is 0.232 e. The van der Waals surface area contributed by atoms with Crippen LogP contribution in [0.4, 0.5) is 22.0 Å². The molecule has 0 bridgehead atoms. The molecule has 0 aliphatic rings. The number of hydrogen-bond acceptors (Lipinski definition) is 7. The number of aromatic nitrogens is 3. The van der Waals surface area contributed by atoms with Crippen molar-refractivity contribution in [1.82, 2.24) is 15.0 Å².